The summed E-state index contributed by atoms with van der Waals surface area (Å²) in [5, 5.41) is 9.76. The Labute approximate surface area is 89.4 Å². The predicted molar refractivity (Wildman–Crippen MR) is 56.0 cm³/mol. The van der Waals surface area contributed by atoms with E-state index in [1.54, 1.807) is 18.3 Å². The summed E-state index contributed by atoms with van der Waals surface area (Å²) >= 11 is 0. The van der Waals surface area contributed by atoms with Crippen molar-refractivity contribution in [2.45, 2.75) is 0 Å². The molecule has 1 heterocycles. The number of hydrogen-bond donors (Lipinski definition) is 0. The summed E-state index contributed by atoms with van der Waals surface area (Å²) in [6.07, 6.45) is 1.60. The Hall–Kier alpha value is -2.61. The fraction of sp³-hybridized carbons (Fsp3) is 0. The lowest BCUT2D eigenvalue weighted by atomic mass is 10.2. The molecule has 0 atom stereocenters. The van der Waals surface area contributed by atoms with E-state index in [4.69, 9.17) is 5.26 Å². The standard InChI is InChI=1S/C11H4N4O/c12-5-13-11-14-8-6-3-1-2-4-7(6)10(16)9(8)15-11/h1-4H. The second kappa shape index (κ2) is 2.94. The first-order chi connectivity index (χ1) is 7.81. The number of rotatable bonds is 0. The minimum absolute atomic E-state index is 0.0513. The monoisotopic (exact) mass is 208 g/mol. The van der Waals surface area contributed by atoms with Gasteiger partial charge >= 0.3 is 0 Å². The van der Waals surface area contributed by atoms with Gasteiger partial charge in [0.2, 0.25) is 11.6 Å². The Morgan fingerprint density at radius 1 is 1.12 bits per heavy atom. The fourth-order valence-electron chi connectivity index (χ4n) is 1.79. The second-order valence-electron chi connectivity index (χ2n) is 3.31. The summed E-state index contributed by atoms with van der Waals surface area (Å²) in [5.41, 5.74) is 0.706. The molecule has 0 saturated carbocycles. The third kappa shape index (κ3) is 0.982. The molecule has 16 heavy (non-hydrogen) atoms. The highest BCUT2D eigenvalue weighted by Gasteiger charge is 2.20. The van der Waals surface area contributed by atoms with Crippen molar-refractivity contribution in [3.63, 3.8) is 0 Å². The van der Waals surface area contributed by atoms with E-state index in [9.17, 15) is 4.79 Å². The van der Waals surface area contributed by atoms with Crippen molar-refractivity contribution < 1.29 is 0 Å². The summed E-state index contributed by atoms with van der Waals surface area (Å²) in [6, 6.07) is 7.17. The van der Waals surface area contributed by atoms with Crippen molar-refractivity contribution in [2.24, 2.45) is 4.99 Å². The van der Waals surface area contributed by atoms with E-state index < -0.39 is 0 Å². The van der Waals surface area contributed by atoms with E-state index in [0.29, 0.717) is 11.1 Å². The molecule has 1 aliphatic heterocycles. The summed E-state index contributed by atoms with van der Waals surface area (Å²) in [4.78, 5) is 23.3. The molecule has 0 spiro atoms. The normalized spacial score (nSPS) is 12.3. The van der Waals surface area contributed by atoms with E-state index in [1.165, 1.54) is 0 Å². The molecule has 5 heteroatoms. The number of hydrogen-bond acceptors (Lipinski definition) is 5. The van der Waals surface area contributed by atoms with Gasteiger partial charge in [-0.1, -0.05) is 24.3 Å². The Kier molecular flexibility index (Phi) is 1.59. The molecule has 2 aliphatic rings. The lowest BCUT2D eigenvalue weighted by Gasteiger charge is -1.85. The van der Waals surface area contributed by atoms with Crippen molar-refractivity contribution in [1.82, 2.24) is 9.97 Å². The van der Waals surface area contributed by atoms with Crippen LogP contribution in [0.1, 0.15) is 0 Å². The van der Waals surface area contributed by atoms with E-state index >= 15 is 0 Å². The maximum absolute atomic E-state index is 11.9. The summed E-state index contributed by atoms with van der Waals surface area (Å²) in [5.74, 6) is 0. The van der Waals surface area contributed by atoms with Crippen molar-refractivity contribution >= 4 is 10.8 Å². The number of fused-ring (bicyclic) bond motifs is 3. The van der Waals surface area contributed by atoms with Crippen LogP contribution in [0.15, 0.2) is 34.1 Å². The van der Waals surface area contributed by atoms with Crippen LogP contribution in [0.4, 0.5) is 0 Å². The SMILES string of the molecule is N#CN=c1nc2c(=O)c3ccccc3c-2n1. The van der Waals surface area contributed by atoms with E-state index in [2.05, 4.69) is 15.0 Å². The van der Waals surface area contributed by atoms with Gasteiger partial charge < -0.3 is 0 Å². The third-order valence-electron chi connectivity index (χ3n) is 2.44. The van der Waals surface area contributed by atoms with Crippen LogP contribution in [-0.2, 0) is 0 Å². The molecule has 5 nitrogen and oxygen atoms in total. The minimum atomic E-state index is -0.155. The highest BCUT2D eigenvalue weighted by Crippen LogP contribution is 2.24. The largest absolute Gasteiger partial charge is 0.287 e. The van der Waals surface area contributed by atoms with Gasteiger partial charge in [0.05, 0.1) is 0 Å². The summed E-state index contributed by atoms with van der Waals surface area (Å²) in [7, 11) is 0. The Morgan fingerprint density at radius 3 is 2.56 bits per heavy atom. The molecule has 0 radical (unpaired) electrons. The first kappa shape index (κ1) is 8.68. The van der Waals surface area contributed by atoms with Crippen molar-refractivity contribution in [3.8, 4) is 17.6 Å². The average molecular weight is 208 g/mol. The molecule has 0 saturated heterocycles. The Balaban J connectivity index is 2.55. The molecule has 1 aromatic rings. The number of nitriles is 1. The minimum Gasteiger partial charge on any atom is -0.287 e. The smallest absolute Gasteiger partial charge is 0.261 e. The molecule has 0 N–H and O–H groups in total. The average Bonchev–Trinajstić information content (AvgIpc) is 2.81. The second-order valence-corrected chi connectivity index (χ2v) is 3.31. The van der Waals surface area contributed by atoms with Gasteiger partial charge in [-0.25, -0.2) is 9.97 Å². The molecular formula is C11H4N4O. The number of nitrogens with zero attached hydrogens (tertiary/aromatic N) is 4. The van der Waals surface area contributed by atoms with Crippen LogP contribution >= 0.6 is 0 Å². The van der Waals surface area contributed by atoms with Gasteiger partial charge in [0, 0.05) is 10.8 Å². The lowest BCUT2D eigenvalue weighted by molar-refractivity contribution is 1.10. The highest BCUT2D eigenvalue weighted by molar-refractivity contribution is 5.99. The topological polar surface area (TPSA) is 79.0 Å². The van der Waals surface area contributed by atoms with Gasteiger partial charge in [-0.15, -0.1) is 4.99 Å². The summed E-state index contributed by atoms with van der Waals surface area (Å²) in [6.45, 7) is 0. The molecule has 1 aliphatic carbocycles. The van der Waals surface area contributed by atoms with Gasteiger partial charge in [0.25, 0.3) is 5.62 Å². The first-order valence-corrected chi connectivity index (χ1v) is 4.60. The van der Waals surface area contributed by atoms with Crippen LogP contribution in [-0.4, -0.2) is 9.97 Å². The van der Waals surface area contributed by atoms with Gasteiger partial charge in [-0.05, 0) is 0 Å². The van der Waals surface area contributed by atoms with Crippen LogP contribution in [0, 0.1) is 11.5 Å². The molecule has 74 valence electrons. The zero-order valence-corrected chi connectivity index (χ0v) is 8.01. The first-order valence-electron chi connectivity index (χ1n) is 4.60. The summed E-state index contributed by atoms with van der Waals surface area (Å²) < 4.78 is 0. The van der Waals surface area contributed by atoms with Crippen LogP contribution in [0.5, 0.6) is 0 Å². The predicted octanol–water partition coefficient (Wildman–Crippen LogP) is 0.352. The van der Waals surface area contributed by atoms with Crippen molar-refractivity contribution in [3.05, 3.63) is 40.1 Å². The van der Waals surface area contributed by atoms with Crippen molar-refractivity contribution in [1.29, 1.82) is 5.26 Å². The lowest BCUT2D eigenvalue weighted by Crippen LogP contribution is -2.06. The molecule has 0 amide bonds. The Bertz CT molecular complexity index is 790. The molecule has 0 fully saturated rings. The van der Waals surface area contributed by atoms with Crippen LogP contribution in [0.3, 0.4) is 0 Å². The molecule has 0 unspecified atom stereocenters. The quantitative estimate of drug-likeness (QED) is 0.499. The molecule has 3 rings (SSSR count). The molecule has 0 bridgehead atoms. The molecular weight excluding hydrogens is 204 g/mol. The number of aromatic nitrogens is 2. The number of imidazole rings is 1. The maximum Gasteiger partial charge on any atom is 0.261 e. The fourth-order valence-corrected chi connectivity index (χ4v) is 1.79. The highest BCUT2D eigenvalue weighted by atomic mass is 16.1. The van der Waals surface area contributed by atoms with Crippen molar-refractivity contribution in [2.75, 3.05) is 0 Å². The van der Waals surface area contributed by atoms with Gasteiger partial charge in [0.1, 0.15) is 11.4 Å². The van der Waals surface area contributed by atoms with Crippen LogP contribution in [0.2, 0.25) is 0 Å². The van der Waals surface area contributed by atoms with E-state index in [0.717, 1.165) is 5.39 Å². The zero-order valence-electron chi connectivity index (χ0n) is 8.01. The zero-order chi connectivity index (χ0) is 11.1. The third-order valence-corrected chi connectivity index (χ3v) is 2.44. The van der Waals surface area contributed by atoms with E-state index in [1.807, 2.05) is 12.1 Å². The van der Waals surface area contributed by atoms with E-state index in [-0.39, 0.29) is 16.7 Å². The van der Waals surface area contributed by atoms with Crippen LogP contribution < -0.4 is 11.0 Å². The van der Waals surface area contributed by atoms with Gasteiger partial charge in [0.15, 0.2) is 0 Å². The molecule has 1 aromatic carbocycles. The van der Waals surface area contributed by atoms with Gasteiger partial charge in [-0.3, -0.25) is 4.79 Å². The van der Waals surface area contributed by atoms with Gasteiger partial charge in [-0.2, -0.15) is 5.26 Å². The number of benzene rings is 1. The maximum atomic E-state index is 11.9. The van der Waals surface area contributed by atoms with Crippen LogP contribution in [0.25, 0.3) is 22.2 Å². The Morgan fingerprint density at radius 2 is 1.81 bits per heavy atom. The molecule has 0 aromatic heterocycles.